The van der Waals surface area contributed by atoms with Crippen molar-refractivity contribution in [3.05, 3.63) is 35.9 Å². The third-order valence-electron chi connectivity index (χ3n) is 4.18. The molecule has 2 atom stereocenters. The SMILES string of the molecule is COCCN(CCCc1ccccc1)C(=O)[C@@H]1CC[C@H](C(=O)O)O1. The molecule has 2 rings (SSSR count). The van der Waals surface area contributed by atoms with Gasteiger partial charge in [0.1, 0.15) is 6.10 Å². The van der Waals surface area contributed by atoms with Crippen LogP contribution in [-0.4, -0.2) is 60.9 Å². The minimum absolute atomic E-state index is 0.135. The predicted molar refractivity (Wildman–Crippen MR) is 88.7 cm³/mol. The Morgan fingerprint density at radius 2 is 1.92 bits per heavy atom. The number of nitrogens with zero attached hydrogens (tertiary/aromatic N) is 1. The van der Waals surface area contributed by atoms with Gasteiger partial charge in [-0.05, 0) is 31.2 Å². The van der Waals surface area contributed by atoms with E-state index in [1.165, 1.54) is 5.56 Å². The van der Waals surface area contributed by atoms with Crippen LogP contribution in [0.5, 0.6) is 0 Å². The van der Waals surface area contributed by atoms with E-state index in [-0.39, 0.29) is 5.91 Å². The first kappa shape index (κ1) is 18.4. The van der Waals surface area contributed by atoms with Crippen LogP contribution in [0, 0.1) is 0 Å². The van der Waals surface area contributed by atoms with Crippen molar-refractivity contribution in [1.29, 1.82) is 0 Å². The summed E-state index contributed by atoms with van der Waals surface area (Å²) >= 11 is 0. The summed E-state index contributed by atoms with van der Waals surface area (Å²) in [5, 5.41) is 8.99. The summed E-state index contributed by atoms with van der Waals surface area (Å²) < 4.78 is 10.5. The molecule has 1 fully saturated rings. The maximum absolute atomic E-state index is 12.6. The minimum atomic E-state index is -1.00. The lowest BCUT2D eigenvalue weighted by atomic mass is 10.1. The van der Waals surface area contributed by atoms with Crippen LogP contribution < -0.4 is 0 Å². The standard InChI is InChI=1S/C18H25NO5/c1-23-13-12-19(11-5-8-14-6-3-2-4-7-14)17(20)15-9-10-16(24-15)18(21)22/h2-4,6-7,15-16H,5,8-13H2,1H3,(H,21,22)/t15-,16+/m0/s1. The number of methoxy groups -OCH3 is 1. The first-order valence-electron chi connectivity index (χ1n) is 8.31. The zero-order valence-electron chi connectivity index (χ0n) is 14.0. The number of carbonyl (C=O) groups is 2. The van der Waals surface area contributed by atoms with E-state index in [0.717, 1.165) is 12.8 Å². The number of rotatable bonds is 9. The molecular weight excluding hydrogens is 310 g/mol. The zero-order valence-corrected chi connectivity index (χ0v) is 14.0. The first-order valence-corrected chi connectivity index (χ1v) is 8.31. The maximum atomic E-state index is 12.6. The van der Waals surface area contributed by atoms with Crippen LogP contribution in [0.4, 0.5) is 0 Å². The monoisotopic (exact) mass is 335 g/mol. The maximum Gasteiger partial charge on any atom is 0.332 e. The lowest BCUT2D eigenvalue weighted by molar-refractivity contribution is -0.155. The van der Waals surface area contributed by atoms with Gasteiger partial charge in [0.25, 0.3) is 5.91 Å². The van der Waals surface area contributed by atoms with E-state index >= 15 is 0 Å². The Labute approximate surface area is 142 Å². The van der Waals surface area contributed by atoms with Gasteiger partial charge in [0, 0.05) is 20.2 Å². The second-order valence-electron chi connectivity index (χ2n) is 5.94. The highest BCUT2D eigenvalue weighted by atomic mass is 16.5. The molecule has 6 heteroatoms. The number of carboxylic acid groups (broad SMARTS) is 1. The van der Waals surface area contributed by atoms with E-state index in [1.807, 2.05) is 18.2 Å². The fourth-order valence-electron chi connectivity index (χ4n) is 2.86. The highest BCUT2D eigenvalue weighted by molar-refractivity contribution is 5.82. The quantitative estimate of drug-likeness (QED) is 0.744. The minimum Gasteiger partial charge on any atom is -0.479 e. The summed E-state index contributed by atoms with van der Waals surface area (Å²) in [5.41, 5.74) is 1.24. The third kappa shape index (κ3) is 5.32. The molecule has 1 N–H and O–H groups in total. The van der Waals surface area contributed by atoms with E-state index in [9.17, 15) is 9.59 Å². The van der Waals surface area contributed by atoms with E-state index in [2.05, 4.69) is 12.1 Å². The lowest BCUT2D eigenvalue weighted by Crippen LogP contribution is -2.42. The topological polar surface area (TPSA) is 76.1 Å². The Morgan fingerprint density at radius 1 is 1.21 bits per heavy atom. The normalized spacial score (nSPS) is 20.0. The molecule has 1 amide bonds. The Bertz CT molecular complexity index is 533. The molecule has 0 saturated carbocycles. The molecule has 0 bridgehead atoms. The van der Waals surface area contributed by atoms with Gasteiger partial charge in [0.2, 0.25) is 0 Å². The highest BCUT2D eigenvalue weighted by Gasteiger charge is 2.36. The van der Waals surface area contributed by atoms with Crippen molar-refractivity contribution in [2.24, 2.45) is 0 Å². The molecule has 0 spiro atoms. The fourth-order valence-corrected chi connectivity index (χ4v) is 2.86. The number of aliphatic carboxylic acids is 1. The van der Waals surface area contributed by atoms with Gasteiger partial charge in [0.15, 0.2) is 6.10 Å². The molecule has 1 aliphatic rings. The Balaban J connectivity index is 1.87. The number of hydrogen-bond acceptors (Lipinski definition) is 4. The average molecular weight is 335 g/mol. The lowest BCUT2D eigenvalue weighted by Gasteiger charge is -2.25. The van der Waals surface area contributed by atoms with Crippen LogP contribution in [0.25, 0.3) is 0 Å². The molecule has 24 heavy (non-hydrogen) atoms. The van der Waals surface area contributed by atoms with Gasteiger partial charge in [-0.3, -0.25) is 4.79 Å². The molecule has 1 heterocycles. The number of carboxylic acids is 1. The Morgan fingerprint density at radius 3 is 2.54 bits per heavy atom. The largest absolute Gasteiger partial charge is 0.479 e. The van der Waals surface area contributed by atoms with Gasteiger partial charge in [-0.25, -0.2) is 4.79 Å². The van der Waals surface area contributed by atoms with E-state index in [0.29, 0.717) is 32.5 Å². The summed E-state index contributed by atoms with van der Waals surface area (Å²) in [7, 11) is 1.60. The summed E-state index contributed by atoms with van der Waals surface area (Å²) in [5.74, 6) is -1.14. The first-order chi connectivity index (χ1) is 11.6. The van der Waals surface area contributed by atoms with Crippen molar-refractivity contribution in [1.82, 2.24) is 4.90 Å². The number of amides is 1. The van der Waals surface area contributed by atoms with Gasteiger partial charge in [-0.15, -0.1) is 0 Å². The van der Waals surface area contributed by atoms with Crippen LogP contribution in [0.15, 0.2) is 30.3 Å². The van der Waals surface area contributed by atoms with Gasteiger partial charge in [-0.1, -0.05) is 30.3 Å². The zero-order chi connectivity index (χ0) is 17.4. The summed E-state index contributed by atoms with van der Waals surface area (Å²) in [4.78, 5) is 25.3. The van der Waals surface area contributed by atoms with Gasteiger partial charge in [-0.2, -0.15) is 0 Å². The van der Waals surface area contributed by atoms with E-state index in [1.54, 1.807) is 12.0 Å². The molecule has 132 valence electrons. The predicted octanol–water partition coefficient (Wildman–Crippen LogP) is 1.73. The molecule has 6 nitrogen and oxygen atoms in total. The number of benzene rings is 1. The van der Waals surface area contributed by atoms with Crippen LogP contribution in [0.2, 0.25) is 0 Å². The highest BCUT2D eigenvalue weighted by Crippen LogP contribution is 2.22. The molecule has 0 unspecified atom stereocenters. The van der Waals surface area contributed by atoms with E-state index in [4.69, 9.17) is 14.6 Å². The second-order valence-corrected chi connectivity index (χ2v) is 5.94. The summed E-state index contributed by atoms with van der Waals surface area (Å²) in [6, 6.07) is 10.1. The summed E-state index contributed by atoms with van der Waals surface area (Å²) in [6.07, 6.45) is 1.05. The molecule has 1 aliphatic heterocycles. The van der Waals surface area contributed by atoms with Crippen molar-refractivity contribution in [3.8, 4) is 0 Å². The van der Waals surface area contributed by atoms with Crippen molar-refractivity contribution in [2.45, 2.75) is 37.9 Å². The molecular formula is C18H25NO5. The third-order valence-corrected chi connectivity index (χ3v) is 4.18. The molecule has 0 aliphatic carbocycles. The van der Waals surface area contributed by atoms with E-state index < -0.39 is 18.2 Å². The second kappa shape index (κ2) is 9.39. The Hall–Kier alpha value is -1.92. The van der Waals surface area contributed by atoms with Crippen LogP contribution in [-0.2, 0) is 25.5 Å². The Kier molecular flexibility index (Phi) is 7.21. The van der Waals surface area contributed by atoms with Crippen molar-refractivity contribution in [2.75, 3.05) is 26.8 Å². The van der Waals surface area contributed by atoms with Gasteiger partial charge < -0.3 is 19.5 Å². The molecule has 0 aromatic heterocycles. The van der Waals surface area contributed by atoms with Crippen molar-refractivity contribution >= 4 is 11.9 Å². The number of carbonyl (C=O) groups excluding carboxylic acids is 1. The van der Waals surface area contributed by atoms with Crippen molar-refractivity contribution in [3.63, 3.8) is 0 Å². The van der Waals surface area contributed by atoms with Crippen LogP contribution in [0.3, 0.4) is 0 Å². The van der Waals surface area contributed by atoms with Crippen molar-refractivity contribution < 1.29 is 24.2 Å². The molecule has 1 aromatic rings. The van der Waals surface area contributed by atoms with Crippen LogP contribution >= 0.6 is 0 Å². The fraction of sp³-hybridized carbons (Fsp3) is 0.556. The van der Waals surface area contributed by atoms with Crippen LogP contribution in [0.1, 0.15) is 24.8 Å². The molecule has 0 radical (unpaired) electrons. The number of hydrogen-bond donors (Lipinski definition) is 1. The van der Waals surface area contributed by atoms with Gasteiger partial charge >= 0.3 is 5.97 Å². The summed E-state index contributed by atoms with van der Waals surface area (Å²) in [6.45, 7) is 1.54. The average Bonchev–Trinajstić information content (AvgIpc) is 3.08. The van der Waals surface area contributed by atoms with Gasteiger partial charge in [0.05, 0.1) is 6.61 Å². The molecule has 1 saturated heterocycles. The number of ether oxygens (including phenoxy) is 2. The smallest absolute Gasteiger partial charge is 0.332 e. The molecule has 1 aromatic carbocycles. The number of aryl methyl sites for hydroxylation is 1.